The van der Waals surface area contributed by atoms with Gasteiger partial charge < -0.3 is 10.2 Å². The van der Waals surface area contributed by atoms with E-state index in [2.05, 4.69) is 0 Å². The number of hydrogen-bond acceptors (Lipinski definition) is 3. The van der Waals surface area contributed by atoms with Gasteiger partial charge in [-0.05, 0) is 6.92 Å². The second-order valence-corrected chi connectivity index (χ2v) is 3.13. The predicted octanol–water partition coefficient (Wildman–Crippen LogP) is 0.613. The largest absolute Gasteiger partial charge is 0.393 e. The van der Waals surface area contributed by atoms with Crippen molar-refractivity contribution in [3.8, 4) is 0 Å². The Labute approximate surface area is 76.6 Å². The SMILES string of the molecule is CC(O)(CO)C(=O)c1ccccc1. The summed E-state index contributed by atoms with van der Waals surface area (Å²) in [5, 5.41) is 18.2. The van der Waals surface area contributed by atoms with E-state index in [1.165, 1.54) is 6.92 Å². The van der Waals surface area contributed by atoms with Crippen molar-refractivity contribution >= 4 is 5.78 Å². The Hall–Kier alpha value is -1.19. The van der Waals surface area contributed by atoms with Crippen LogP contribution in [-0.4, -0.2) is 28.2 Å². The van der Waals surface area contributed by atoms with Gasteiger partial charge in [0.2, 0.25) is 0 Å². The number of hydrogen-bond donors (Lipinski definition) is 2. The van der Waals surface area contributed by atoms with E-state index < -0.39 is 18.0 Å². The Morgan fingerprint density at radius 3 is 2.38 bits per heavy atom. The summed E-state index contributed by atoms with van der Waals surface area (Å²) in [6.45, 7) is 0.725. The zero-order valence-corrected chi connectivity index (χ0v) is 7.40. The molecule has 1 unspecified atom stereocenters. The van der Waals surface area contributed by atoms with E-state index in [1.807, 2.05) is 0 Å². The molecule has 0 bridgehead atoms. The van der Waals surface area contributed by atoms with E-state index in [4.69, 9.17) is 5.11 Å². The number of rotatable bonds is 3. The summed E-state index contributed by atoms with van der Waals surface area (Å²) in [7, 11) is 0. The first-order valence-electron chi connectivity index (χ1n) is 4.01. The first kappa shape index (κ1) is 9.89. The van der Waals surface area contributed by atoms with Gasteiger partial charge in [-0.1, -0.05) is 30.3 Å². The monoisotopic (exact) mass is 180 g/mol. The summed E-state index contributed by atoms with van der Waals surface area (Å²) in [6.07, 6.45) is 0. The fourth-order valence-electron chi connectivity index (χ4n) is 0.972. The van der Waals surface area contributed by atoms with Crippen LogP contribution in [0.3, 0.4) is 0 Å². The van der Waals surface area contributed by atoms with Gasteiger partial charge >= 0.3 is 0 Å². The second-order valence-electron chi connectivity index (χ2n) is 3.13. The van der Waals surface area contributed by atoms with E-state index >= 15 is 0 Å². The molecular weight excluding hydrogens is 168 g/mol. The van der Waals surface area contributed by atoms with Gasteiger partial charge in [0.1, 0.15) is 5.60 Å². The highest BCUT2D eigenvalue weighted by Gasteiger charge is 2.29. The van der Waals surface area contributed by atoms with Crippen LogP contribution < -0.4 is 0 Å². The van der Waals surface area contributed by atoms with Crippen LogP contribution >= 0.6 is 0 Å². The third-order valence-corrected chi connectivity index (χ3v) is 1.83. The average molecular weight is 180 g/mol. The zero-order valence-electron chi connectivity index (χ0n) is 7.40. The van der Waals surface area contributed by atoms with Crippen LogP contribution in [0.5, 0.6) is 0 Å². The van der Waals surface area contributed by atoms with Crippen molar-refractivity contribution in [3.05, 3.63) is 35.9 Å². The molecule has 0 aliphatic carbocycles. The highest BCUT2D eigenvalue weighted by Crippen LogP contribution is 2.11. The second kappa shape index (κ2) is 3.68. The number of Topliss-reactive ketones (excluding diaryl/α,β-unsaturated/α-hetero) is 1. The number of carbonyl (C=O) groups excluding carboxylic acids is 1. The molecule has 0 saturated carbocycles. The topological polar surface area (TPSA) is 57.5 Å². The number of aliphatic hydroxyl groups excluding tert-OH is 1. The van der Waals surface area contributed by atoms with E-state index in [0.29, 0.717) is 5.56 Å². The van der Waals surface area contributed by atoms with E-state index in [-0.39, 0.29) is 0 Å². The molecule has 2 N–H and O–H groups in total. The van der Waals surface area contributed by atoms with Crippen molar-refractivity contribution in [3.63, 3.8) is 0 Å². The van der Waals surface area contributed by atoms with Crippen LogP contribution in [-0.2, 0) is 0 Å². The van der Waals surface area contributed by atoms with Crippen molar-refractivity contribution in [2.45, 2.75) is 12.5 Å². The summed E-state index contributed by atoms with van der Waals surface area (Å²) in [6, 6.07) is 8.41. The summed E-state index contributed by atoms with van der Waals surface area (Å²) < 4.78 is 0. The first-order chi connectivity index (χ1) is 6.08. The number of carbonyl (C=O) groups is 1. The predicted molar refractivity (Wildman–Crippen MR) is 48.5 cm³/mol. The summed E-state index contributed by atoms with van der Waals surface area (Å²) >= 11 is 0. The van der Waals surface area contributed by atoms with Gasteiger partial charge in [0, 0.05) is 5.56 Å². The van der Waals surface area contributed by atoms with E-state index in [1.54, 1.807) is 30.3 Å². The van der Waals surface area contributed by atoms with Crippen molar-refractivity contribution in [1.29, 1.82) is 0 Å². The molecule has 70 valence electrons. The molecule has 0 aliphatic heterocycles. The number of ketones is 1. The smallest absolute Gasteiger partial charge is 0.196 e. The zero-order chi connectivity index (χ0) is 9.90. The highest BCUT2D eigenvalue weighted by atomic mass is 16.3. The fourth-order valence-corrected chi connectivity index (χ4v) is 0.972. The number of aliphatic hydroxyl groups is 2. The lowest BCUT2D eigenvalue weighted by molar-refractivity contribution is 0.00991. The van der Waals surface area contributed by atoms with Crippen molar-refractivity contribution in [1.82, 2.24) is 0 Å². The third kappa shape index (κ3) is 2.14. The number of benzene rings is 1. The van der Waals surface area contributed by atoms with Crippen molar-refractivity contribution < 1.29 is 15.0 Å². The van der Waals surface area contributed by atoms with Crippen LogP contribution in [0, 0.1) is 0 Å². The third-order valence-electron chi connectivity index (χ3n) is 1.83. The van der Waals surface area contributed by atoms with Crippen LogP contribution in [0.25, 0.3) is 0 Å². The summed E-state index contributed by atoms with van der Waals surface area (Å²) in [5.74, 6) is -0.462. The van der Waals surface area contributed by atoms with E-state index in [9.17, 15) is 9.90 Å². The van der Waals surface area contributed by atoms with Crippen molar-refractivity contribution in [2.24, 2.45) is 0 Å². The molecule has 0 heterocycles. The van der Waals surface area contributed by atoms with Gasteiger partial charge in [0.05, 0.1) is 6.61 Å². The Kier molecular flexibility index (Phi) is 2.80. The maximum Gasteiger partial charge on any atom is 0.196 e. The quantitative estimate of drug-likeness (QED) is 0.670. The van der Waals surface area contributed by atoms with Gasteiger partial charge in [0.25, 0.3) is 0 Å². The standard InChI is InChI=1S/C10H12O3/c1-10(13,7-11)9(12)8-5-3-2-4-6-8/h2-6,11,13H,7H2,1H3. The lowest BCUT2D eigenvalue weighted by atomic mass is 9.96. The molecule has 0 saturated heterocycles. The normalized spacial score (nSPS) is 15.0. The van der Waals surface area contributed by atoms with E-state index in [0.717, 1.165) is 0 Å². The van der Waals surface area contributed by atoms with Gasteiger partial charge in [0.15, 0.2) is 5.78 Å². The molecule has 0 fully saturated rings. The maximum atomic E-state index is 11.5. The summed E-state index contributed by atoms with van der Waals surface area (Å²) in [5.41, 5.74) is -1.27. The first-order valence-corrected chi connectivity index (χ1v) is 4.01. The molecular formula is C10H12O3. The summed E-state index contributed by atoms with van der Waals surface area (Å²) in [4.78, 5) is 11.5. The Morgan fingerprint density at radius 2 is 1.92 bits per heavy atom. The van der Waals surface area contributed by atoms with Crippen LogP contribution in [0.2, 0.25) is 0 Å². The van der Waals surface area contributed by atoms with Crippen LogP contribution in [0.4, 0.5) is 0 Å². The minimum Gasteiger partial charge on any atom is -0.393 e. The molecule has 13 heavy (non-hydrogen) atoms. The van der Waals surface area contributed by atoms with Crippen LogP contribution in [0.15, 0.2) is 30.3 Å². The Morgan fingerprint density at radius 1 is 1.38 bits per heavy atom. The molecule has 1 aromatic carbocycles. The van der Waals surface area contributed by atoms with Crippen LogP contribution in [0.1, 0.15) is 17.3 Å². The Balaban J connectivity index is 2.93. The maximum absolute atomic E-state index is 11.5. The van der Waals surface area contributed by atoms with Gasteiger partial charge in [-0.3, -0.25) is 4.79 Å². The molecule has 3 heteroatoms. The molecule has 1 rings (SSSR count). The lowest BCUT2D eigenvalue weighted by Crippen LogP contribution is -2.38. The minimum absolute atomic E-state index is 0.404. The molecule has 0 aromatic heterocycles. The van der Waals surface area contributed by atoms with Gasteiger partial charge in [-0.15, -0.1) is 0 Å². The Bertz CT molecular complexity index is 290. The van der Waals surface area contributed by atoms with Gasteiger partial charge in [-0.2, -0.15) is 0 Å². The molecule has 0 radical (unpaired) electrons. The molecule has 0 amide bonds. The highest BCUT2D eigenvalue weighted by molar-refractivity contribution is 6.02. The minimum atomic E-state index is -1.68. The lowest BCUT2D eigenvalue weighted by Gasteiger charge is -2.18. The van der Waals surface area contributed by atoms with Gasteiger partial charge in [-0.25, -0.2) is 0 Å². The van der Waals surface area contributed by atoms with Crippen molar-refractivity contribution in [2.75, 3.05) is 6.61 Å². The molecule has 1 aromatic rings. The molecule has 1 atom stereocenters. The molecule has 0 aliphatic rings. The average Bonchev–Trinajstić information content (AvgIpc) is 2.18. The fraction of sp³-hybridized carbons (Fsp3) is 0.300. The molecule has 0 spiro atoms. The molecule has 3 nitrogen and oxygen atoms in total.